The van der Waals surface area contributed by atoms with Crippen LogP contribution in [0.2, 0.25) is 0 Å². The van der Waals surface area contributed by atoms with Gasteiger partial charge in [-0.1, -0.05) is 140 Å². The summed E-state index contributed by atoms with van der Waals surface area (Å²) in [4.78, 5) is 15.2. The third-order valence-corrected chi connectivity index (χ3v) is 10.7. The summed E-state index contributed by atoms with van der Waals surface area (Å²) in [6.45, 7) is 0. The summed E-state index contributed by atoms with van der Waals surface area (Å²) in [6, 6.07) is 59.6. The fraction of sp³-hybridized carbons (Fsp3) is 0. The first-order valence-corrected chi connectivity index (χ1v) is 17.5. The van der Waals surface area contributed by atoms with Crippen LogP contribution in [0.3, 0.4) is 0 Å². The highest BCUT2D eigenvalue weighted by atomic mass is 32.1. The largest absolute Gasteiger partial charge is 0.308 e. The molecule has 234 valence electrons. The number of rotatable bonds is 5. The van der Waals surface area contributed by atoms with E-state index in [-0.39, 0.29) is 0 Å². The van der Waals surface area contributed by atoms with Crippen molar-refractivity contribution in [3.63, 3.8) is 0 Å². The molecule has 0 aliphatic heterocycles. The Morgan fingerprint density at radius 1 is 0.400 bits per heavy atom. The van der Waals surface area contributed by atoms with E-state index in [2.05, 4.69) is 114 Å². The van der Waals surface area contributed by atoms with Gasteiger partial charge in [-0.3, -0.25) is 0 Å². The minimum Gasteiger partial charge on any atom is -0.308 e. The second kappa shape index (κ2) is 11.6. The van der Waals surface area contributed by atoms with E-state index in [1.165, 1.54) is 42.0 Å². The molecule has 5 heteroatoms. The Hall–Kier alpha value is -6.43. The van der Waals surface area contributed by atoms with E-state index in [1.807, 2.05) is 72.0 Å². The van der Waals surface area contributed by atoms with Gasteiger partial charge < -0.3 is 4.57 Å². The Bertz CT molecular complexity index is 2800. The molecule has 0 bridgehead atoms. The van der Waals surface area contributed by atoms with Crippen molar-refractivity contribution >= 4 is 53.3 Å². The maximum absolute atomic E-state index is 5.12. The zero-order valence-electron chi connectivity index (χ0n) is 26.9. The van der Waals surface area contributed by atoms with Crippen molar-refractivity contribution < 1.29 is 0 Å². The van der Waals surface area contributed by atoms with E-state index in [9.17, 15) is 0 Å². The molecule has 4 nitrogen and oxygen atoms in total. The number of hydrogen-bond donors (Lipinski definition) is 0. The van der Waals surface area contributed by atoms with Gasteiger partial charge in [0, 0.05) is 48.6 Å². The molecule has 10 aromatic rings. The molecule has 3 heterocycles. The van der Waals surface area contributed by atoms with E-state index in [4.69, 9.17) is 15.0 Å². The van der Waals surface area contributed by atoms with E-state index in [1.54, 1.807) is 0 Å². The minimum atomic E-state index is 0.636. The van der Waals surface area contributed by atoms with Crippen molar-refractivity contribution in [2.45, 2.75) is 0 Å². The predicted octanol–water partition coefficient (Wildman–Crippen LogP) is 12.0. The summed E-state index contributed by atoms with van der Waals surface area (Å²) in [6.07, 6.45) is 0. The average Bonchev–Trinajstić information content (AvgIpc) is 3.75. The predicted molar refractivity (Wildman–Crippen MR) is 209 cm³/mol. The van der Waals surface area contributed by atoms with Crippen molar-refractivity contribution in [1.29, 1.82) is 0 Å². The van der Waals surface area contributed by atoms with Gasteiger partial charge in [0.1, 0.15) is 0 Å². The third kappa shape index (κ3) is 4.63. The first-order chi connectivity index (χ1) is 24.8. The minimum absolute atomic E-state index is 0.636. The van der Waals surface area contributed by atoms with E-state index < -0.39 is 0 Å². The Kier molecular flexibility index (Phi) is 6.64. The van der Waals surface area contributed by atoms with Crippen LogP contribution in [0.1, 0.15) is 0 Å². The molecule has 0 radical (unpaired) electrons. The van der Waals surface area contributed by atoms with Gasteiger partial charge >= 0.3 is 0 Å². The molecule has 0 aliphatic rings. The van der Waals surface area contributed by atoms with Crippen LogP contribution in [0, 0.1) is 0 Å². The van der Waals surface area contributed by atoms with Gasteiger partial charge in [-0.2, -0.15) is 0 Å². The summed E-state index contributed by atoms with van der Waals surface area (Å²) >= 11 is 1.87. The van der Waals surface area contributed by atoms with Crippen LogP contribution in [0.5, 0.6) is 0 Å². The number of nitrogens with zero attached hydrogens (tertiary/aromatic N) is 4. The number of hydrogen-bond acceptors (Lipinski definition) is 4. The Balaban J connectivity index is 1.26. The van der Waals surface area contributed by atoms with Crippen LogP contribution in [-0.4, -0.2) is 19.5 Å². The molecular weight excluding hydrogens is 629 g/mol. The molecule has 0 amide bonds. The van der Waals surface area contributed by atoms with Gasteiger partial charge in [0.2, 0.25) is 0 Å². The molecule has 50 heavy (non-hydrogen) atoms. The molecule has 0 unspecified atom stereocenters. The van der Waals surface area contributed by atoms with Gasteiger partial charge in [0.15, 0.2) is 17.5 Å². The first-order valence-electron chi connectivity index (χ1n) is 16.7. The summed E-state index contributed by atoms with van der Waals surface area (Å²) in [5, 5.41) is 5.08. The SMILES string of the molecule is c1ccc(-c2nc(-c3ccccc3)nc(-c3ccc(-n4c5ccccc5c5ccc6c7ccccc7sc6c54)cc3-c3ccccc3)n2)cc1. The van der Waals surface area contributed by atoms with Crippen LogP contribution >= 0.6 is 11.3 Å². The average molecular weight is 657 g/mol. The topological polar surface area (TPSA) is 43.6 Å². The standard InChI is InChI=1S/C45H28N4S/c1-4-14-29(15-5-1)38-28-32(24-25-37(38)45-47-43(30-16-6-2-7-17-30)46-44(48-45)31-18-8-3-9-19-31)49-39-22-12-10-20-33(39)35-26-27-36-34-21-11-13-23-40(34)50-42(36)41(35)49/h1-28H. The molecule has 0 aliphatic carbocycles. The number of thiophene rings is 1. The zero-order chi connectivity index (χ0) is 33.0. The van der Waals surface area contributed by atoms with Crippen molar-refractivity contribution in [2.75, 3.05) is 0 Å². The van der Waals surface area contributed by atoms with Crippen LogP contribution in [0.15, 0.2) is 170 Å². The highest BCUT2D eigenvalue weighted by molar-refractivity contribution is 7.26. The van der Waals surface area contributed by atoms with E-state index >= 15 is 0 Å². The smallest absolute Gasteiger partial charge is 0.164 e. The van der Waals surface area contributed by atoms with E-state index in [0.29, 0.717) is 17.5 Å². The van der Waals surface area contributed by atoms with Gasteiger partial charge in [-0.15, -0.1) is 11.3 Å². The molecule has 3 aromatic heterocycles. The maximum Gasteiger partial charge on any atom is 0.164 e. The molecule has 0 atom stereocenters. The van der Waals surface area contributed by atoms with Crippen LogP contribution in [-0.2, 0) is 0 Å². The lowest BCUT2D eigenvalue weighted by molar-refractivity contribution is 1.07. The van der Waals surface area contributed by atoms with Crippen LogP contribution in [0.4, 0.5) is 0 Å². The van der Waals surface area contributed by atoms with Crippen molar-refractivity contribution in [3.8, 4) is 51.0 Å². The van der Waals surface area contributed by atoms with Crippen molar-refractivity contribution in [1.82, 2.24) is 19.5 Å². The summed E-state index contributed by atoms with van der Waals surface area (Å²) in [5.74, 6) is 1.93. The second-order valence-electron chi connectivity index (χ2n) is 12.4. The lowest BCUT2D eigenvalue weighted by Crippen LogP contribution is -2.02. The fourth-order valence-corrected chi connectivity index (χ4v) is 8.39. The molecule has 0 saturated heterocycles. The molecule has 0 fully saturated rings. The lowest BCUT2D eigenvalue weighted by Gasteiger charge is -2.15. The van der Waals surface area contributed by atoms with Gasteiger partial charge in [-0.05, 0) is 41.5 Å². The monoisotopic (exact) mass is 656 g/mol. The Labute approximate surface area is 292 Å². The molecule has 0 saturated carbocycles. The van der Waals surface area contributed by atoms with Crippen LogP contribution < -0.4 is 0 Å². The van der Waals surface area contributed by atoms with Gasteiger partial charge in [0.05, 0.1) is 15.7 Å². The lowest BCUT2D eigenvalue weighted by atomic mass is 9.98. The first kappa shape index (κ1) is 28.6. The molecule has 0 spiro atoms. The van der Waals surface area contributed by atoms with Gasteiger partial charge in [0.25, 0.3) is 0 Å². The van der Waals surface area contributed by atoms with Crippen LogP contribution in [0.25, 0.3) is 93.0 Å². The highest BCUT2D eigenvalue weighted by Gasteiger charge is 2.20. The Morgan fingerprint density at radius 2 is 0.960 bits per heavy atom. The Morgan fingerprint density at radius 3 is 1.66 bits per heavy atom. The quantitative estimate of drug-likeness (QED) is 0.185. The van der Waals surface area contributed by atoms with Crippen molar-refractivity contribution in [2.24, 2.45) is 0 Å². The highest BCUT2D eigenvalue weighted by Crippen LogP contribution is 2.44. The number of fused-ring (bicyclic) bond motifs is 7. The third-order valence-electron chi connectivity index (χ3n) is 9.47. The summed E-state index contributed by atoms with van der Waals surface area (Å²) < 4.78 is 5.03. The number of aromatic nitrogens is 4. The number of benzene rings is 7. The molecule has 0 N–H and O–H groups in total. The maximum atomic E-state index is 5.12. The van der Waals surface area contributed by atoms with E-state index in [0.717, 1.165) is 33.5 Å². The fourth-order valence-electron chi connectivity index (χ4n) is 7.15. The number of para-hydroxylation sites is 1. The summed E-state index contributed by atoms with van der Waals surface area (Å²) in [7, 11) is 0. The second-order valence-corrected chi connectivity index (χ2v) is 13.5. The van der Waals surface area contributed by atoms with Gasteiger partial charge in [-0.25, -0.2) is 15.0 Å². The molecule has 7 aromatic carbocycles. The molecule has 10 rings (SSSR count). The molecular formula is C45H28N4S. The normalized spacial score (nSPS) is 11.6. The van der Waals surface area contributed by atoms with Crippen molar-refractivity contribution in [3.05, 3.63) is 170 Å². The summed E-state index contributed by atoms with van der Waals surface area (Å²) in [5.41, 5.74) is 8.50. The zero-order valence-corrected chi connectivity index (χ0v) is 27.7.